The molecule has 158 valence electrons. The first-order chi connectivity index (χ1) is 15.6. The van der Waals surface area contributed by atoms with Crippen LogP contribution in [-0.4, -0.2) is 25.7 Å². The SMILES string of the molecule is CC1=C(C(=O)Nc2cccnc2)C(c2ccccc2)n2nc(-c3ccc(F)cc3)nc2N1. The van der Waals surface area contributed by atoms with Gasteiger partial charge < -0.3 is 10.6 Å². The fraction of sp³-hybridized carbons (Fsp3) is 0.0833. The fourth-order valence-electron chi connectivity index (χ4n) is 3.75. The summed E-state index contributed by atoms with van der Waals surface area (Å²) in [5.41, 5.74) is 3.36. The summed E-state index contributed by atoms with van der Waals surface area (Å²) >= 11 is 0. The monoisotopic (exact) mass is 426 g/mol. The number of amides is 1. The third-order valence-corrected chi connectivity index (χ3v) is 5.23. The summed E-state index contributed by atoms with van der Waals surface area (Å²) in [7, 11) is 0. The standard InChI is InChI=1S/C24H19FN6O/c1-15-20(23(32)28-19-8-5-13-26-14-19)21(16-6-3-2-4-7-16)31-24(27-15)29-22(30-31)17-9-11-18(25)12-10-17/h2-14,21H,1H3,(H,28,32)(H,27,29,30). The molecule has 2 aromatic carbocycles. The van der Waals surface area contributed by atoms with Crippen LogP contribution in [-0.2, 0) is 4.79 Å². The molecule has 0 radical (unpaired) electrons. The highest BCUT2D eigenvalue weighted by atomic mass is 19.1. The Bertz CT molecular complexity index is 1300. The quantitative estimate of drug-likeness (QED) is 0.505. The maximum absolute atomic E-state index is 13.4. The minimum atomic E-state index is -0.495. The van der Waals surface area contributed by atoms with Crippen LogP contribution in [0.1, 0.15) is 18.5 Å². The average molecular weight is 426 g/mol. The van der Waals surface area contributed by atoms with E-state index in [9.17, 15) is 9.18 Å². The van der Waals surface area contributed by atoms with E-state index in [1.54, 1.807) is 41.3 Å². The summed E-state index contributed by atoms with van der Waals surface area (Å²) in [6.45, 7) is 1.84. The van der Waals surface area contributed by atoms with Crippen LogP contribution in [0.2, 0.25) is 0 Å². The molecule has 8 heteroatoms. The van der Waals surface area contributed by atoms with Gasteiger partial charge in [-0.25, -0.2) is 9.07 Å². The maximum atomic E-state index is 13.4. The molecule has 1 aliphatic heterocycles. The Hall–Kier alpha value is -4.33. The molecule has 0 spiro atoms. The average Bonchev–Trinajstić information content (AvgIpc) is 3.23. The van der Waals surface area contributed by atoms with Gasteiger partial charge in [-0.15, -0.1) is 5.10 Å². The number of benzene rings is 2. The Kier molecular flexibility index (Phi) is 4.95. The van der Waals surface area contributed by atoms with Crippen molar-refractivity contribution in [2.45, 2.75) is 13.0 Å². The minimum absolute atomic E-state index is 0.263. The zero-order valence-corrected chi connectivity index (χ0v) is 17.2. The Morgan fingerprint density at radius 2 is 1.84 bits per heavy atom. The molecule has 5 rings (SSSR count). The highest BCUT2D eigenvalue weighted by molar-refractivity contribution is 6.05. The molecule has 0 saturated heterocycles. The Morgan fingerprint density at radius 1 is 1.06 bits per heavy atom. The van der Waals surface area contributed by atoms with E-state index in [-0.39, 0.29) is 11.7 Å². The van der Waals surface area contributed by atoms with E-state index in [2.05, 4.69) is 25.7 Å². The lowest BCUT2D eigenvalue weighted by molar-refractivity contribution is -0.113. The molecule has 1 atom stereocenters. The number of carbonyl (C=O) groups excluding carboxylic acids is 1. The Balaban J connectivity index is 1.59. The molecule has 1 amide bonds. The molecule has 1 aliphatic rings. The van der Waals surface area contributed by atoms with Crippen molar-refractivity contribution in [3.05, 3.63) is 102 Å². The van der Waals surface area contributed by atoms with Gasteiger partial charge in [0.15, 0.2) is 5.82 Å². The lowest BCUT2D eigenvalue weighted by Crippen LogP contribution is -2.31. The van der Waals surface area contributed by atoms with Crippen LogP contribution in [0.3, 0.4) is 0 Å². The molecule has 3 heterocycles. The number of nitrogens with zero attached hydrogens (tertiary/aromatic N) is 4. The second-order valence-electron chi connectivity index (χ2n) is 7.38. The third kappa shape index (κ3) is 3.62. The predicted molar refractivity (Wildman–Crippen MR) is 119 cm³/mol. The van der Waals surface area contributed by atoms with Crippen molar-refractivity contribution < 1.29 is 9.18 Å². The lowest BCUT2D eigenvalue weighted by atomic mass is 9.95. The van der Waals surface area contributed by atoms with Crippen molar-refractivity contribution in [3.8, 4) is 11.4 Å². The van der Waals surface area contributed by atoms with Crippen LogP contribution in [0.25, 0.3) is 11.4 Å². The largest absolute Gasteiger partial charge is 0.328 e. The van der Waals surface area contributed by atoms with Crippen LogP contribution in [0, 0.1) is 5.82 Å². The molecule has 0 fully saturated rings. The molecular formula is C24H19FN6O. The molecule has 0 bridgehead atoms. The number of halogens is 1. The van der Waals surface area contributed by atoms with Gasteiger partial charge in [-0.1, -0.05) is 30.3 Å². The molecule has 0 saturated carbocycles. The highest BCUT2D eigenvalue weighted by Crippen LogP contribution is 2.36. The van der Waals surface area contributed by atoms with E-state index in [1.165, 1.54) is 12.1 Å². The number of hydrogen-bond acceptors (Lipinski definition) is 5. The third-order valence-electron chi connectivity index (χ3n) is 5.23. The van der Waals surface area contributed by atoms with E-state index >= 15 is 0 Å². The Morgan fingerprint density at radius 3 is 2.56 bits per heavy atom. The van der Waals surface area contributed by atoms with Gasteiger partial charge in [0.1, 0.15) is 11.9 Å². The molecule has 2 N–H and O–H groups in total. The van der Waals surface area contributed by atoms with E-state index in [1.807, 2.05) is 37.3 Å². The van der Waals surface area contributed by atoms with Crippen molar-refractivity contribution >= 4 is 17.5 Å². The summed E-state index contributed by atoms with van der Waals surface area (Å²) in [6, 6.07) is 18.7. The van der Waals surface area contributed by atoms with Gasteiger partial charge in [0, 0.05) is 17.5 Å². The van der Waals surface area contributed by atoms with Crippen LogP contribution in [0.4, 0.5) is 16.0 Å². The van der Waals surface area contributed by atoms with Crippen LogP contribution in [0.5, 0.6) is 0 Å². The van der Waals surface area contributed by atoms with Crippen molar-refractivity contribution in [1.82, 2.24) is 19.7 Å². The smallest absolute Gasteiger partial charge is 0.255 e. The van der Waals surface area contributed by atoms with Gasteiger partial charge in [-0.05, 0) is 48.9 Å². The van der Waals surface area contributed by atoms with Gasteiger partial charge in [-0.3, -0.25) is 9.78 Å². The summed E-state index contributed by atoms with van der Waals surface area (Å²) < 4.78 is 15.1. The first-order valence-electron chi connectivity index (χ1n) is 10.1. The van der Waals surface area contributed by atoms with Crippen molar-refractivity contribution in [1.29, 1.82) is 0 Å². The number of aromatic nitrogens is 4. The molecule has 2 aromatic heterocycles. The zero-order valence-electron chi connectivity index (χ0n) is 17.2. The van der Waals surface area contributed by atoms with Crippen molar-refractivity contribution in [2.24, 2.45) is 0 Å². The van der Waals surface area contributed by atoms with E-state index < -0.39 is 6.04 Å². The predicted octanol–water partition coefficient (Wildman–Crippen LogP) is 4.41. The molecular weight excluding hydrogens is 407 g/mol. The molecule has 1 unspecified atom stereocenters. The maximum Gasteiger partial charge on any atom is 0.255 e. The van der Waals surface area contributed by atoms with Crippen LogP contribution >= 0.6 is 0 Å². The number of anilines is 2. The van der Waals surface area contributed by atoms with Gasteiger partial charge in [0.05, 0.1) is 17.5 Å². The van der Waals surface area contributed by atoms with E-state index in [4.69, 9.17) is 0 Å². The first-order valence-corrected chi connectivity index (χ1v) is 10.1. The number of rotatable bonds is 4. The van der Waals surface area contributed by atoms with Crippen molar-refractivity contribution in [3.63, 3.8) is 0 Å². The topological polar surface area (TPSA) is 84.7 Å². The summed E-state index contributed by atoms with van der Waals surface area (Å²) in [4.78, 5) is 22.0. The minimum Gasteiger partial charge on any atom is -0.328 e. The number of nitrogens with one attached hydrogen (secondary N) is 2. The lowest BCUT2D eigenvalue weighted by Gasteiger charge is -2.28. The molecule has 0 aliphatic carbocycles. The van der Waals surface area contributed by atoms with Crippen LogP contribution in [0.15, 0.2) is 90.4 Å². The second-order valence-corrected chi connectivity index (χ2v) is 7.38. The molecule has 32 heavy (non-hydrogen) atoms. The number of fused-ring (bicyclic) bond motifs is 1. The Labute approximate surface area is 183 Å². The number of pyridine rings is 1. The second kappa shape index (κ2) is 8.07. The summed E-state index contributed by atoms with van der Waals surface area (Å²) in [6.07, 6.45) is 3.24. The molecule has 7 nitrogen and oxygen atoms in total. The van der Waals surface area contributed by atoms with Gasteiger partial charge in [-0.2, -0.15) is 4.98 Å². The zero-order chi connectivity index (χ0) is 22.1. The summed E-state index contributed by atoms with van der Waals surface area (Å²) in [5, 5.41) is 10.8. The normalized spacial score (nSPS) is 15.1. The van der Waals surface area contributed by atoms with E-state index in [0.29, 0.717) is 34.3 Å². The number of hydrogen-bond donors (Lipinski definition) is 2. The first kappa shape index (κ1) is 19.6. The number of carbonyl (C=O) groups is 1. The summed E-state index contributed by atoms with van der Waals surface area (Å²) in [5.74, 6) is 0.356. The van der Waals surface area contributed by atoms with Crippen LogP contribution < -0.4 is 10.6 Å². The molecule has 4 aromatic rings. The van der Waals surface area contributed by atoms with Gasteiger partial charge >= 0.3 is 0 Å². The number of allylic oxidation sites excluding steroid dienone is 1. The van der Waals surface area contributed by atoms with Gasteiger partial charge in [0.2, 0.25) is 5.95 Å². The van der Waals surface area contributed by atoms with Gasteiger partial charge in [0.25, 0.3) is 5.91 Å². The van der Waals surface area contributed by atoms with Crippen molar-refractivity contribution in [2.75, 3.05) is 10.6 Å². The fourth-order valence-corrected chi connectivity index (χ4v) is 3.75. The highest BCUT2D eigenvalue weighted by Gasteiger charge is 2.34. The van der Waals surface area contributed by atoms with E-state index in [0.717, 1.165) is 5.56 Å².